The lowest BCUT2D eigenvalue weighted by molar-refractivity contribution is 0.0949. The highest BCUT2D eigenvalue weighted by atomic mass is 35.5. The van der Waals surface area contributed by atoms with Crippen molar-refractivity contribution in [3.8, 4) is 0 Å². The monoisotopic (exact) mass is 421 g/mol. The number of hydrogen-bond acceptors (Lipinski definition) is 4. The van der Waals surface area contributed by atoms with Crippen LogP contribution < -0.4 is 15.4 Å². The van der Waals surface area contributed by atoms with Gasteiger partial charge in [-0.15, -0.1) is 19.0 Å². The third kappa shape index (κ3) is 5.20. The summed E-state index contributed by atoms with van der Waals surface area (Å²) in [7, 11) is -3.59. The van der Waals surface area contributed by atoms with E-state index in [1.54, 1.807) is 0 Å². The summed E-state index contributed by atoms with van der Waals surface area (Å²) in [4.78, 5) is 12.5. The van der Waals surface area contributed by atoms with Crippen LogP contribution in [0.1, 0.15) is 27.5 Å². The van der Waals surface area contributed by atoms with E-state index in [9.17, 15) is 13.2 Å². The van der Waals surface area contributed by atoms with Gasteiger partial charge < -0.3 is 10.6 Å². The molecule has 150 valence electrons. The quantitative estimate of drug-likeness (QED) is 0.598. The zero-order valence-corrected chi connectivity index (χ0v) is 17.0. The van der Waals surface area contributed by atoms with E-state index in [1.807, 2.05) is 12.1 Å². The first-order valence-corrected chi connectivity index (χ1v) is 10.3. The Labute approximate surface area is 171 Å². The first-order valence-electron chi connectivity index (χ1n) is 8.81. The number of carbonyl (C=O) groups is 1. The zero-order valence-electron chi connectivity index (χ0n) is 15.4. The average Bonchev–Trinajstić information content (AvgIpc) is 2.70. The fraction of sp³-hybridized carbons (Fsp3) is 0.250. The van der Waals surface area contributed by atoms with Crippen LogP contribution in [0.2, 0.25) is 0 Å². The number of halogens is 1. The van der Waals surface area contributed by atoms with Gasteiger partial charge in [0.15, 0.2) is 0 Å². The van der Waals surface area contributed by atoms with Crippen molar-refractivity contribution < 1.29 is 13.2 Å². The van der Waals surface area contributed by atoms with Crippen molar-refractivity contribution in [3.05, 3.63) is 77.9 Å². The van der Waals surface area contributed by atoms with E-state index in [0.29, 0.717) is 12.1 Å². The maximum atomic E-state index is 12.4. The van der Waals surface area contributed by atoms with Gasteiger partial charge in [0, 0.05) is 24.7 Å². The second-order valence-corrected chi connectivity index (χ2v) is 8.10. The molecule has 0 aromatic heterocycles. The Bertz CT molecular complexity index is 930. The largest absolute Gasteiger partial charge is 0.350 e. The number of sulfonamides is 1. The highest BCUT2D eigenvalue weighted by Crippen LogP contribution is 2.22. The number of fused-ring (bicyclic) bond motifs is 1. The van der Waals surface area contributed by atoms with E-state index < -0.39 is 10.0 Å². The summed E-state index contributed by atoms with van der Waals surface area (Å²) in [6.07, 6.45) is 2.45. The van der Waals surface area contributed by atoms with Crippen LogP contribution in [-0.4, -0.2) is 34.0 Å². The first kappa shape index (κ1) is 22.1. The fourth-order valence-electron chi connectivity index (χ4n) is 3.11. The van der Waals surface area contributed by atoms with E-state index in [0.717, 1.165) is 13.0 Å². The van der Waals surface area contributed by atoms with Gasteiger partial charge in [0.05, 0.1) is 4.90 Å². The molecule has 8 heteroatoms. The molecule has 0 radical (unpaired) electrons. The molecule has 1 atom stereocenters. The molecule has 1 heterocycles. The molecule has 6 nitrogen and oxygen atoms in total. The molecule has 0 saturated carbocycles. The molecule has 0 aliphatic carbocycles. The minimum Gasteiger partial charge on any atom is -0.350 e. The molecule has 3 N–H and O–H groups in total. The van der Waals surface area contributed by atoms with Crippen molar-refractivity contribution in [1.29, 1.82) is 0 Å². The zero-order chi connectivity index (χ0) is 19.3. The third-order valence-electron chi connectivity index (χ3n) is 4.53. The SMILES string of the molecule is C=CCNS(=O)(=O)c1ccc(C(=O)NCC2NCCc3ccccc32)cc1.Cl. The highest BCUT2D eigenvalue weighted by Gasteiger charge is 2.20. The van der Waals surface area contributed by atoms with E-state index >= 15 is 0 Å². The normalized spacial score (nSPS) is 15.8. The minimum absolute atomic E-state index is 0. The smallest absolute Gasteiger partial charge is 0.251 e. The Hall–Kier alpha value is -2.19. The Balaban J connectivity index is 0.00000280. The molecular weight excluding hydrogens is 398 g/mol. The first-order chi connectivity index (χ1) is 13.0. The number of rotatable bonds is 7. The molecule has 0 bridgehead atoms. The second kappa shape index (κ2) is 9.84. The van der Waals surface area contributed by atoms with Gasteiger partial charge in [-0.2, -0.15) is 0 Å². The predicted octanol–water partition coefficient (Wildman–Crippen LogP) is 2.19. The number of amides is 1. The maximum Gasteiger partial charge on any atom is 0.251 e. The fourth-order valence-corrected chi connectivity index (χ4v) is 4.11. The Morgan fingerprint density at radius 3 is 2.61 bits per heavy atom. The van der Waals surface area contributed by atoms with Gasteiger partial charge in [0.25, 0.3) is 5.91 Å². The molecule has 0 spiro atoms. The topological polar surface area (TPSA) is 87.3 Å². The number of carbonyl (C=O) groups excluding carboxylic acids is 1. The summed E-state index contributed by atoms with van der Waals surface area (Å²) in [5, 5.41) is 6.34. The summed E-state index contributed by atoms with van der Waals surface area (Å²) >= 11 is 0. The van der Waals surface area contributed by atoms with Crippen LogP contribution in [0.15, 0.2) is 66.1 Å². The van der Waals surface area contributed by atoms with E-state index in [2.05, 4.69) is 34.1 Å². The van der Waals surface area contributed by atoms with Crippen LogP contribution in [0.4, 0.5) is 0 Å². The molecule has 0 saturated heterocycles. The minimum atomic E-state index is -3.59. The summed E-state index contributed by atoms with van der Waals surface area (Å²) in [6.45, 7) is 4.98. The van der Waals surface area contributed by atoms with E-state index in [-0.39, 0.29) is 35.8 Å². The second-order valence-electron chi connectivity index (χ2n) is 6.33. The third-order valence-corrected chi connectivity index (χ3v) is 5.97. The molecule has 1 unspecified atom stereocenters. The van der Waals surface area contributed by atoms with Gasteiger partial charge in [0.1, 0.15) is 0 Å². The Morgan fingerprint density at radius 2 is 1.89 bits per heavy atom. The number of hydrogen-bond donors (Lipinski definition) is 3. The average molecular weight is 422 g/mol. The Kier molecular flexibility index (Phi) is 7.77. The van der Waals surface area contributed by atoms with Crippen LogP contribution in [-0.2, 0) is 16.4 Å². The molecule has 1 aliphatic heterocycles. The molecule has 2 aromatic carbocycles. The lowest BCUT2D eigenvalue weighted by atomic mass is 9.94. The van der Waals surface area contributed by atoms with E-state index in [1.165, 1.54) is 41.5 Å². The van der Waals surface area contributed by atoms with Crippen molar-refractivity contribution in [2.24, 2.45) is 0 Å². The van der Waals surface area contributed by atoms with Gasteiger partial charge in [-0.1, -0.05) is 30.3 Å². The Morgan fingerprint density at radius 1 is 1.18 bits per heavy atom. The van der Waals surface area contributed by atoms with Crippen LogP contribution in [0.25, 0.3) is 0 Å². The summed E-state index contributed by atoms with van der Waals surface area (Å²) < 4.78 is 26.5. The number of nitrogens with one attached hydrogen (secondary N) is 3. The summed E-state index contributed by atoms with van der Waals surface area (Å²) in [5.41, 5.74) is 2.93. The van der Waals surface area contributed by atoms with Gasteiger partial charge in [0.2, 0.25) is 10.0 Å². The molecule has 1 aliphatic rings. The van der Waals surface area contributed by atoms with Crippen molar-refractivity contribution in [3.63, 3.8) is 0 Å². The van der Waals surface area contributed by atoms with Crippen molar-refractivity contribution in [1.82, 2.24) is 15.4 Å². The summed E-state index contributed by atoms with van der Waals surface area (Å²) in [6, 6.07) is 14.2. The van der Waals surface area contributed by atoms with E-state index in [4.69, 9.17) is 0 Å². The number of benzene rings is 2. The van der Waals surface area contributed by atoms with Crippen LogP contribution in [0.5, 0.6) is 0 Å². The molecule has 3 rings (SSSR count). The molecule has 1 amide bonds. The van der Waals surface area contributed by atoms with Crippen molar-refractivity contribution in [2.45, 2.75) is 17.4 Å². The molecule has 28 heavy (non-hydrogen) atoms. The molecule has 2 aromatic rings. The van der Waals surface area contributed by atoms with Crippen LogP contribution in [0, 0.1) is 0 Å². The lowest BCUT2D eigenvalue weighted by Gasteiger charge is -2.27. The van der Waals surface area contributed by atoms with Gasteiger partial charge in [-0.05, 0) is 48.4 Å². The maximum absolute atomic E-state index is 12.4. The summed E-state index contributed by atoms with van der Waals surface area (Å²) in [5.74, 6) is -0.233. The molecule has 0 fully saturated rings. The highest BCUT2D eigenvalue weighted by molar-refractivity contribution is 7.89. The van der Waals surface area contributed by atoms with Gasteiger partial charge in [-0.3, -0.25) is 4.79 Å². The molecular formula is C20H24ClN3O3S. The van der Waals surface area contributed by atoms with Crippen LogP contribution in [0.3, 0.4) is 0 Å². The predicted molar refractivity (Wildman–Crippen MR) is 112 cm³/mol. The van der Waals surface area contributed by atoms with Crippen molar-refractivity contribution in [2.75, 3.05) is 19.6 Å². The standard InChI is InChI=1S/C20H23N3O3S.ClH/c1-2-12-23-27(25,26)17-9-7-16(8-10-17)20(24)22-14-19-18-6-4-3-5-15(18)11-13-21-19;/h2-10,19,21,23H,1,11-14H2,(H,22,24);1H. The van der Waals surface area contributed by atoms with Crippen LogP contribution >= 0.6 is 12.4 Å². The van der Waals surface area contributed by atoms with Gasteiger partial charge >= 0.3 is 0 Å². The van der Waals surface area contributed by atoms with Crippen molar-refractivity contribution >= 4 is 28.3 Å². The van der Waals surface area contributed by atoms with Gasteiger partial charge in [-0.25, -0.2) is 13.1 Å². The lowest BCUT2D eigenvalue weighted by Crippen LogP contribution is -2.38.